The number of hydrazine groups is 1. The lowest BCUT2D eigenvalue weighted by atomic mass is 10.1. The molecule has 104 valence electrons. The van der Waals surface area contributed by atoms with Gasteiger partial charge in [0.25, 0.3) is 5.69 Å². The molecule has 0 aliphatic carbocycles. The molecule has 0 amide bonds. The molecule has 2 unspecified atom stereocenters. The summed E-state index contributed by atoms with van der Waals surface area (Å²) < 4.78 is 5.66. The van der Waals surface area contributed by atoms with Crippen molar-refractivity contribution in [3.05, 3.63) is 28.3 Å². The van der Waals surface area contributed by atoms with Gasteiger partial charge in [-0.25, -0.2) is 0 Å². The van der Waals surface area contributed by atoms with Crippen LogP contribution in [0.15, 0.2) is 18.2 Å². The maximum atomic E-state index is 10.9. The maximum absolute atomic E-state index is 10.9. The summed E-state index contributed by atoms with van der Waals surface area (Å²) in [5, 5.41) is 10.9. The second-order valence-corrected chi connectivity index (χ2v) is 4.80. The Kier molecular flexibility index (Phi) is 3.87. The van der Waals surface area contributed by atoms with Gasteiger partial charge in [-0.1, -0.05) is 0 Å². The zero-order valence-corrected chi connectivity index (χ0v) is 11.0. The highest BCUT2D eigenvalue weighted by atomic mass is 16.6. The average Bonchev–Trinajstić information content (AvgIpc) is 2.37. The van der Waals surface area contributed by atoms with Crippen LogP contribution in [-0.4, -0.2) is 30.2 Å². The third-order valence-electron chi connectivity index (χ3n) is 3.06. The van der Waals surface area contributed by atoms with Crippen LogP contribution in [0.3, 0.4) is 0 Å². The van der Waals surface area contributed by atoms with Crippen LogP contribution in [0.4, 0.5) is 17.1 Å². The molecule has 1 fully saturated rings. The summed E-state index contributed by atoms with van der Waals surface area (Å²) >= 11 is 0. The van der Waals surface area contributed by atoms with Gasteiger partial charge < -0.3 is 15.1 Å². The number of benzene rings is 1. The van der Waals surface area contributed by atoms with Crippen LogP contribution in [-0.2, 0) is 4.74 Å². The van der Waals surface area contributed by atoms with E-state index in [1.807, 2.05) is 13.8 Å². The highest BCUT2D eigenvalue weighted by Crippen LogP contribution is 2.28. The molecule has 0 spiro atoms. The number of non-ortho nitro benzene ring substituents is 1. The van der Waals surface area contributed by atoms with Crippen molar-refractivity contribution in [3.63, 3.8) is 0 Å². The summed E-state index contributed by atoms with van der Waals surface area (Å²) in [6.07, 6.45) is 0.189. The SMILES string of the molecule is CC1CN(c2cc(NN)cc([N+](=O)[O-])c2)CC(C)O1. The minimum atomic E-state index is -0.419. The Hall–Kier alpha value is -1.86. The Morgan fingerprint density at radius 2 is 2.00 bits per heavy atom. The number of nitro benzene ring substituents is 1. The summed E-state index contributed by atoms with van der Waals surface area (Å²) in [5.41, 5.74) is 3.79. The van der Waals surface area contributed by atoms with Gasteiger partial charge in [0.15, 0.2) is 0 Å². The Labute approximate surface area is 111 Å². The van der Waals surface area contributed by atoms with E-state index < -0.39 is 4.92 Å². The summed E-state index contributed by atoms with van der Waals surface area (Å²) in [5.74, 6) is 5.36. The predicted molar refractivity (Wildman–Crippen MR) is 73.1 cm³/mol. The van der Waals surface area contributed by atoms with E-state index in [9.17, 15) is 10.1 Å². The van der Waals surface area contributed by atoms with Crippen molar-refractivity contribution >= 4 is 17.1 Å². The van der Waals surface area contributed by atoms with Crippen LogP contribution in [0, 0.1) is 10.1 Å². The lowest BCUT2D eigenvalue weighted by Gasteiger charge is -2.36. The number of hydrogen-bond acceptors (Lipinski definition) is 6. The fourth-order valence-corrected chi connectivity index (χ4v) is 2.36. The zero-order chi connectivity index (χ0) is 14.0. The van der Waals surface area contributed by atoms with E-state index in [4.69, 9.17) is 10.6 Å². The van der Waals surface area contributed by atoms with E-state index in [1.165, 1.54) is 6.07 Å². The number of hydrogen-bond donors (Lipinski definition) is 2. The molecule has 0 radical (unpaired) electrons. The summed E-state index contributed by atoms with van der Waals surface area (Å²) in [7, 11) is 0. The average molecular weight is 266 g/mol. The molecule has 1 aliphatic rings. The molecule has 1 aromatic rings. The van der Waals surface area contributed by atoms with E-state index in [1.54, 1.807) is 12.1 Å². The number of nitrogen functional groups attached to an aromatic ring is 1. The first kappa shape index (κ1) is 13.6. The molecule has 0 aromatic heterocycles. The van der Waals surface area contributed by atoms with Crippen molar-refractivity contribution in [2.75, 3.05) is 23.4 Å². The molecule has 1 saturated heterocycles. The van der Waals surface area contributed by atoms with Gasteiger partial charge in [-0.15, -0.1) is 0 Å². The molecule has 1 aromatic carbocycles. The Balaban J connectivity index is 2.32. The first-order chi connectivity index (χ1) is 8.99. The molecular weight excluding hydrogens is 248 g/mol. The minimum Gasteiger partial charge on any atom is -0.372 e. The number of nitrogens with one attached hydrogen (secondary N) is 1. The molecule has 7 nitrogen and oxygen atoms in total. The van der Waals surface area contributed by atoms with E-state index >= 15 is 0 Å². The topological polar surface area (TPSA) is 93.7 Å². The number of anilines is 2. The monoisotopic (exact) mass is 266 g/mol. The van der Waals surface area contributed by atoms with Crippen LogP contribution in [0.1, 0.15) is 13.8 Å². The third-order valence-corrected chi connectivity index (χ3v) is 3.06. The first-order valence-electron chi connectivity index (χ1n) is 6.16. The van der Waals surface area contributed by atoms with E-state index in [0.29, 0.717) is 18.8 Å². The summed E-state index contributed by atoms with van der Waals surface area (Å²) in [6, 6.07) is 4.78. The van der Waals surface area contributed by atoms with Crippen LogP contribution in [0.25, 0.3) is 0 Å². The van der Waals surface area contributed by atoms with Crippen LogP contribution in [0.2, 0.25) is 0 Å². The molecule has 1 aliphatic heterocycles. The van der Waals surface area contributed by atoms with Gasteiger partial charge in [0.2, 0.25) is 0 Å². The van der Waals surface area contributed by atoms with Crippen LogP contribution in [0.5, 0.6) is 0 Å². The van der Waals surface area contributed by atoms with E-state index in [2.05, 4.69) is 10.3 Å². The van der Waals surface area contributed by atoms with E-state index in [0.717, 1.165) is 5.69 Å². The largest absolute Gasteiger partial charge is 0.372 e. The molecule has 2 rings (SSSR count). The molecule has 0 bridgehead atoms. The normalized spacial score (nSPS) is 23.2. The van der Waals surface area contributed by atoms with E-state index in [-0.39, 0.29) is 17.9 Å². The Morgan fingerprint density at radius 3 is 2.53 bits per heavy atom. The van der Waals surface area contributed by atoms with Crippen molar-refractivity contribution in [3.8, 4) is 0 Å². The first-order valence-corrected chi connectivity index (χ1v) is 6.16. The van der Waals surface area contributed by atoms with Gasteiger partial charge in [-0.2, -0.15) is 0 Å². The smallest absolute Gasteiger partial charge is 0.273 e. The number of rotatable bonds is 3. The minimum absolute atomic E-state index is 0.0252. The molecule has 2 atom stereocenters. The van der Waals surface area contributed by atoms with Gasteiger partial charge >= 0.3 is 0 Å². The van der Waals surface area contributed by atoms with Crippen molar-refractivity contribution in [1.29, 1.82) is 0 Å². The van der Waals surface area contributed by atoms with Crippen molar-refractivity contribution in [2.45, 2.75) is 26.1 Å². The third kappa shape index (κ3) is 3.12. The zero-order valence-electron chi connectivity index (χ0n) is 11.0. The Morgan fingerprint density at radius 1 is 1.37 bits per heavy atom. The van der Waals surface area contributed by atoms with Crippen molar-refractivity contribution < 1.29 is 9.66 Å². The number of nitro groups is 1. The molecular formula is C12H18N4O3. The standard InChI is InChI=1S/C12H18N4O3/c1-8-6-15(7-9(2)19-8)11-3-10(14-13)4-12(5-11)16(17)18/h3-5,8-9,14H,6-7,13H2,1-2H3. The molecule has 7 heteroatoms. The lowest BCUT2D eigenvalue weighted by Crippen LogP contribution is -2.45. The van der Waals surface area contributed by atoms with Gasteiger partial charge in [0.05, 0.1) is 22.8 Å². The van der Waals surface area contributed by atoms with Crippen molar-refractivity contribution in [2.24, 2.45) is 5.84 Å². The summed E-state index contributed by atoms with van der Waals surface area (Å²) in [6.45, 7) is 5.38. The number of nitrogens with zero attached hydrogens (tertiary/aromatic N) is 2. The number of ether oxygens (including phenoxy) is 1. The number of morpholine rings is 1. The highest BCUT2D eigenvalue weighted by molar-refractivity contribution is 5.64. The Bertz CT molecular complexity index is 470. The fourth-order valence-electron chi connectivity index (χ4n) is 2.36. The van der Waals surface area contributed by atoms with Gasteiger partial charge in [0.1, 0.15) is 0 Å². The van der Waals surface area contributed by atoms with Gasteiger partial charge in [-0.05, 0) is 19.9 Å². The predicted octanol–water partition coefficient (Wildman–Crippen LogP) is 1.49. The second-order valence-electron chi connectivity index (χ2n) is 4.80. The number of nitrogens with two attached hydrogens (primary N) is 1. The molecule has 1 heterocycles. The van der Waals surface area contributed by atoms with Crippen LogP contribution >= 0.6 is 0 Å². The van der Waals surface area contributed by atoms with Crippen LogP contribution < -0.4 is 16.2 Å². The quantitative estimate of drug-likeness (QED) is 0.489. The highest BCUT2D eigenvalue weighted by Gasteiger charge is 2.24. The van der Waals surface area contributed by atoms with Gasteiger partial charge in [-0.3, -0.25) is 16.0 Å². The summed E-state index contributed by atoms with van der Waals surface area (Å²) in [4.78, 5) is 12.6. The molecule has 19 heavy (non-hydrogen) atoms. The molecule has 0 saturated carbocycles. The second kappa shape index (κ2) is 5.41. The fraction of sp³-hybridized carbons (Fsp3) is 0.500. The maximum Gasteiger partial charge on any atom is 0.273 e. The van der Waals surface area contributed by atoms with Gasteiger partial charge in [0, 0.05) is 30.9 Å². The van der Waals surface area contributed by atoms with Crippen molar-refractivity contribution in [1.82, 2.24) is 0 Å². The lowest BCUT2D eigenvalue weighted by molar-refractivity contribution is -0.384. The molecule has 3 N–H and O–H groups in total.